The molecular formula is C135H106Br4Si3. The van der Waals surface area contributed by atoms with Gasteiger partial charge in [0, 0.05) is 49.1 Å². The van der Waals surface area contributed by atoms with Crippen molar-refractivity contribution in [1.82, 2.24) is 0 Å². The summed E-state index contributed by atoms with van der Waals surface area (Å²) in [7, 11) is -8.84. The van der Waals surface area contributed by atoms with E-state index in [1.54, 1.807) is 0 Å². The van der Waals surface area contributed by atoms with Gasteiger partial charge < -0.3 is 0 Å². The fourth-order valence-electron chi connectivity index (χ4n) is 29.1. The van der Waals surface area contributed by atoms with Gasteiger partial charge in [0.1, 0.15) is 24.2 Å². The molecule has 0 fully saturated rings. The molecule has 0 saturated heterocycles. The van der Waals surface area contributed by atoms with Gasteiger partial charge in [-0.15, -0.1) is 0 Å². The highest BCUT2D eigenvalue weighted by Gasteiger charge is 2.74. The third-order valence-corrected chi connectivity index (χ3v) is 54.9. The van der Waals surface area contributed by atoms with E-state index < -0.39 is 24.2 Å². The topological polar surface area (TPSA) is 0 Å². The van der Waals surface area contributed by atoms with Crippen molar-refractivity contribution in [3.05, 3.63) is 593 Å². The molecule has 0 aliphatic heterocycles. The SMILES string of the molecule is CCC1([Si](c2ccccc2)(c2ccccc2)C2(CC)c3cc(Br)ccc3-c3ccc(Br)cc32)c2cc(Br)ccc2-c2ccc(Br)cc21.CCC1([Si](c2ccccc2)(c2ccccc2)C2(CC)c3ccccc3-c3ccccc32)c2ccccc2-c2ccccc21.c1ccc([Si](c2ccccc2)(C2c3ccccc3-c3ccccc32)C2c3ccccc3-c3ccccc32)cc1.c1ccc2c(c1)Cc1ccccc1-2. The van der Waals surface area contributed by atoms with Gasteiger partial charge in [-0.05, 0) is 236 Å². The summed E-state index contributed by atoms with van der Waals surface area (Å²) in [5, 5.41) is 7.77. The number of fused-ring (bicyclic) bond motifs is 21. The smallest absolute Gasteiger partial charge is 0.0645 e. The highest BCUT2D eigenvalue weighted by Crippen LogP contribution is 2.69. The van der Waals surface area contributed by atoms with E-state index in [1.807, 2.05) is 0 Å². The maximum atomic E-state index is 3.96. The van der Waals surface area contributed by atoms with Crippen molar-refractivity contribution in [2.75, 3.05) is 0 Å². The van der Waals surface area contributed by atoms with Crippen molar-refractivity contribution in [1.29, 1.82) is 0 Å². The van der Waals surface area contributed by atoms with Crippen LogP contribution in [0.2, 0.25) is 0 Å². The third kappa shape index (κ3) is 13.3. The second-order valence-corrected chi connectivity index (χ2v) is 55.7. The van der Waals surface area contributed by atoms with Gasteiger partial charge in [-0.25, -0.2) is 0 Å². The summed E-state index contributed by atoms with van der Waals surface area (Å²) in [5.41, 5.74) is 40.4. The molecule has 20 aromatic carbocycles. The second-order valence-electron chi connectivity index (χ2n) is 39.2. The Labute approximate surface area is 873 Å². The maximum absolute atomic E-state index is 3.96. The van der Waals surface area contributed by atoms with Gasteiger partial charge in [0.2, 0.25) is 0 Å². The number of benzene rings is 20. The lowest BCUT2D eigenvalue weighted by molar-refractivity contribution is 0.597. The van der Waals surface area contributed by atoms with Crippen LogP contribution in [0.25, 0.3) is 77.9 Å². The lowest BCUT2D eigenvalue weighted by atomic mass is 9.90. The second kappa shape index (κ2) is 37.1. The van der Waals surface area contributed by atoms with Crippen molar-refractivity contribution >= 4 is 119 Å². The van der Waals surface area contributed by atoms with Crippen molar-refractivity contribution < 1.29 is 0 Å². The van der Waals surface area contributed by atoms with Crippen LogP contribution in [0.1, 0.15) is 142 Å². The molecule has 0 heterocycles. The molecule has 0 aromatic heterocycles. The van der Waals surface area contributed by atoms with Crippen molar-refractivity contribution in [2.45, 2.75) is 91.0 Å². The summed E-state index contributed by atoms with van der Waals surface area (Å²) in [6.07, 6.45) is 5.03. The molecule has 0 radical (unpaired) electrons. The summed E-state index contributed by atoms with van der Waals surface area (Å²) in [6.45, 7) is 9.80. The molecule has 686 valence electrons. The van der Waals surface area contributed by atoms with Crippen LogP contribution in [0.15, 0.2) is 515 Å². The fourth-order valence-corrected chi connectivity index (χ4v) is 52.9. The number of hydrogen-bond donors (Lipinski definition) is 0. The molecule has 142 heavy (non-hydrogen) atoms. The highest BCUT2D eigenvalue weighted by atomic mass is 79.9. The van der Waals surface area contributed by atoms with Gasteiger partial charge in [-0.2, -0.15) is 0 Å². The van der Waals surface area contributed by atoms with Crippen LogP contribution in [0.5, 0.6) is 0 Å². The van der Waals surface area contributed by atoms with E-state index in [9.17, 15) is 0 Å². The Morgan fingerprint density at radius 3 is 0.606 bits per heavy atom. The standard InChI is InChI=1S/C42H32Br4Si.C42H36Si.C38H28Si.C13H10/c1-3-41(37-23-27(43)15-19-33(37)34-20-16-28(44)24-38(34)41)47(31-11-7-5-8-12-31,32-13-9-6-10-14-32)42(4-2)39-25-29(45)17-21-35(39)36-22-18-30(46)26-40(36)42;1-3-41(37-27-15-11-23-33(37)34-24-12-16-28-38(34)41)43(31-19-7-5-8-20-31,32-21-9-6-10-22-32)42(4-2)39-29-17-13-25-35(39)36-26-14-18-30-40(36)42;1-3-15-27(16-4-1)39(28-17-5-2-6-18-28,37-33-23-11-7-19-29(33)30-20-8-12-24-34(30)37)38-35-25-13-9-21-31(35)32-22-10-14-26-36(32)38;1-3-7-12-10(5-1)9-11-6-2-4-8-13(11)12/h5-26H,3-4H2,1-2H3;5-30H,3-4H2,1-2H3;1-26,37-38H;1-8H,9H2. The number of halogens is 4. The van der Waals surface area contributed by atoms with E-state index in [1.165, 1.54) is 187 Å². The van der Waals surface area contributed by atoms with Gasteiger partial charge in [0.05, 0.1) is 0 Å². The van der Waals surface area contributed by atoms with E-state index in [2.05, 4.69) is 589 Å². The van der Waals surface area contributed by atoms with Gasteiger partial charge in [0.15, 0.2) is 0 Å². The van der Waals surface area contributed by atoms with Crippen LogP contribution in [0.4, 0.5) is 0 Å². The minimum Gasteiger partial charge on any atom is -0.0645 e. The van der Waals surface area contributed by atoms with Crippen molar-refractivity contribution in [3.63, 3.8) is 0 Å². The Morgan fingerprint density at radius 2 is 0.366 bits per heavy atom. The van der Waals surface area contributed by atoms with E-state index >= 15 is 0 Å². The molecule has 7 aliphatic carbocycles. The number of rotatable bonds is 16. The Kier molecular flexibility index (Phi) is 23.9. The normalized spacial score (nSPS) is 14.6. The number of hydrogen-bond acceptors (Lipinski definition) is 0. The molecule has 27 rings (SSSR count). The van der Waals surface area contributed by atoms with Gasteiger partial charge >= 0.3 is 0 Å². The van der Waals surface area contributed by atoms with E-state index in [-0.39, 0.29) is 31.2 Å². The largest absolute Gasteiger partial charge is 0.147 e. The van der Waals surface area contributed by atoms with Gasteiger partial charge in [-0.3, -0.25) is 0 Å². The first-order valence-corrected chi connectivity index (χ1v) is 59.7. The Balaban J connectivity index is 0.000000108. The first-order valence-electron chi connectivity index (χ1n) is 50.4. The molecular weight excluding hydrogens is 2030 g/mol. The van der Waals surface area contributed by atoms with Crippen LogP contribution in [0, 0.1) is 0 Å². The van der Waals surface area contributed by atoms with E-state index in [0.717, 1.165) is 50.0 Å². The van der Waals surface area contributed by atoms with E-state index in [4.69, 9.17) is 0 Å². The molecule has 0 bridgehead atoms. The summed E-state index contributed by atoms with van der Waals surface area (Å²) in [6, 6.07) is 189. The Hall–Kier alpha value is -13.0. The summed E-state index contributed by atoms with van der Waals surface area (Å²) < 4.78 is 4.47. The lowest BCUT2D eigenvalue weighted by Crippen LogP contribution is -2.81. The molecule has 7 aliphatic rings. The minimum atomic E-state index is -3.16. The summed E-state index contributed by atoms with van der Waals surface area (Å²) in [4.78, 5) is 0. The van der Waals surface area contributed by atoms with Crippen LogP contribution in [-0.2, 0) is 26.6 Å². The third-order valence-electron chi connectivity index (χ3n) is 33.8. The molecule has 0 amide bonds. The highest BCUT2D eigenvalue weighted by molar-refractivity contribution is 9.11. The van der Waals surface area contributed by atoms with Crippen molar-refractivity contribution in [3.8, 4) is 77.9 Å². The monoisotopic (exact) mass is 2130 g/mol. The molecule has 0 saturated carbocycles. The van der Waals surface area contributed by atoms with Gasteiger partial charge in [0.25, 0.3) is 0 Å². The van der Waals surface area contributed by atoms with Crippen LogP contribution < -0.4 is 31.1 Å². The predicted molar refractivity (Wildman–Crippen MR) is 618 cm³/mol. The van der Waals surface area contributed by atoms with Crippen LogP contribution in [0.3, 0.4) is 0 Å². The molecule has 0 spiro atoms. The van der Waals surface area contributed by atoms with Gasteiger partial charge in [-0.1, -0.05) is 571 Å². The average Bonchev–Trinajstić information content (AvgIpc) is 1.41. The van der Waals surface area contributed by atoms with Crippen LogP contribution >= 0.6 is 63.7 Å². The Bertz CT molecular complexity index is 7450. The average molecular weight is 2130 g/mol. The maximum Gasteiger partial charge on any atom is 0.147 e. The summed E-state index contributed by atoms with van der Waals surface area (Å²) in [5.74, 6) is 0. The quantitative estimate of drug-likeness (QED) is 0.0846. The zero-order chi connectivity index (χ0) is 96.1. The summed E-state index contributed by atoms with van der Waals surface area (Å²) >= 11 is 15.9. The molecule has 0 N–H and O–H groups in total. The molecule has 20 aromatic rings. The fraction of sp³-hybridized carbons (Fsp3) is 0.111. The van der Waals surface area contributed by atoms with Crippen molar-refractivity contribution in [2.24, 2.45) is 0 Å². The molecule has 7 heteroatoms. The van der Waals surface area contributed by atoms with E-state index in [0.29, 0.717) is 0 Å². The zero-order valence-electron chi connectivity index (χ0n) is 80.0. The molecule has 0 nitrogen and oxygen atoms in total. The Morgan fingerprint density at radius 1 is 0.183 bits per heavy atom. The lowest BCUT2D eigenvalue weighted by Gasteiger charge is -2.59. The minimum absolute atomic E-state index is 0.219. The predicted octanol–water partition coefficient (Wildman–Crippen LogP) is 32.4. The first kappa shape index (κ1) is 91.5. The zero-order valence-corrected chi connectivity index (χ0v) is 89.4. The molecule has 0 unspecified atom stereocenters. The van der Waals surface area contributed by atoms with Crippen LogP contribution in [-0.4, -0.2) is 24.2 Å². The first-order chi connectivity index (χ1) is 69.9. The molecule has 0 atom stereocenters.